The van der Waals surface area contributed by atoms with Crippen molar-refractivity contribution in [2.45, 2.75) is 40.2 Å². The van der Waals surface area contributed by atoms with E-state index in [0.717, 1.165) is 21.6 Å². The van der Waals surface area contributed by atoms with Gasteiger partial charge < -0.3 is 5.32 Å². The summed E-state index contributed by atoms with van der Waals surface area (Å²) < 4.78 is 0. The summed E-state index contributed by atoms with van der Waals surface area (Å²) in [5.74, 6) is -0.598. The summed E-state index contributed by atoms with van der Waals surface area (Å²) in [6, 6.07) is 3.24. The Morgan fingerprint density at radius 3 is 2.19 bits per heavy atom. The van der Waals surface area contributed by atoms with Crippen LogP contribution in [-0.2, 0) is 4.79 Å². The SMILES string of the molecule is Cc1cc(C)c(C(=O)CN2C(=O)NC(C)(C)C2=O)cc1C. The molecule has 0 radical (unpaired) electrons. The summed E-state index contributed by atoms with van der Waals surface area (Å²) >= 11 is 0. The van der Waals surface area contributed by atoms with Crippen molar-refractivity contribution in [3.05, 3.63) is 34.4 Å². The van der Waals surface area contributed by atoms with Crippen molar-refractivity contribution >= 4 is 17.7 Å². The summed E-state index contributed by atoms with van der Waals surface area (Å²) in [6.07, 6.45) is 0. The third kappa shape index (κ3) is 2.68. The zero-order valence-corrected chi connectivity index (χ0v) is 13.0. The molecular formula is C16H20N2O3. The van der Waals surface area contributed by atoms with Gasteiger partial charge in [0.1, 0.15) is 5.54 Å². The van der Waals surface area contributed by atoms with Gasteiger partial charge in [-0.3, -0.25) is 14.5 Å². The zero-order chi connectivity index (χ0) is 15.9. The fourth-order valence-electron chi connectivity index (χ4n) is 2.45. The van der Waals surface area contributed by atoms with Crippen LogP contribution < -0.4 is 5.32 Å². The Labute approximate surface area is 124 Å². The number of aryl methyl sites for hydroxylation is 3. The van der Waals surface area contributed by atoms with Gasteiger partial charge in [0.25, 0.3) is 5.91 Å². The van der Waals surface area contributed by atoms with E-state index in [1.807, 2.05) is 32.9 Å². The Balaban J connectivity index is 2.25. The first-order valence-corrected chi connectivity index (χ1v) is 6.88. The third-order valence-corrected chi connectivity index (χ3v) is 3.89. The van der Waals surface area contributed by atoms with Crippen molar-refractivity contribution in [1.82, 2.24) is 10.2 Å². The molecule has 0 aliphatic carbocycles. The number of nitrogens with one attached hydrogen (secondary N) is 1. The van der Waals surface area contributed by atoms with Crippen molar-refractivity contribution in [2.75, 3.05) is 6.54 Å². The zero-order valence-electron chi connectivity index (χ0n) is 13.0. The lowest BCUT2D eigenvalue weighted by Crippen LogP contribution is -2.41. The first-order valence-electron chi connectivity index (χ1n) is 6.88. The number of Topliss-reactive ketones (excluding diaryl/α,β-unsaturated/α-hetero) is 1. The molecule has 3 amide bonds. The summed E-state index contributed by atoms with van der Waals surface area (Å²) in [4.78, 5) is 37.3. The molecule has 5 nitrogen and oxygen atoms in total. The van der Waals surface area contributed by atoms with E-state index in [9.17, 15) is 14.4 Å². The number of urea groups is 1. The Hall–Kier alpha value is -2.17. The van der Waals surface area contributed by atoms with Gasteiger partial charge in [0.05, 0.1) is 6.54 Å². The molecule has 1 fully saturated rings. The molecule has 1 heterocycles. The highest BCUT2D eigenvalue weighted by Gasteiger charge is 2.44. The van der Waals surface area contributed by atoms with Gasteiger partial charge in [0.15, 0.2) is 5.78 Å². The van der Waals surface area contributed by atoms with Gasteiger partial charge in [-0.1, -0.05) is 6.07 Å². The van der Waals surface area contributed by atoms with Crippen molar-refractivity contribution < 1.29 is 14.4 Å². The molecule has 5 heteroatoms. The van der Waals surface area contributed by atoms with E-state index in [1.165, 1.54) is 0 Å². The topological polar surface area (TPSA) is 66.5 Å². The van der Waals surface area contributed by atoms with Crippen LogP contribution >= 0.6 is 0 Å². The van der Waals surface area contributed by atoms with Crippen LogP contribution in [0.4, 0.5) is 4.79 Å². The standard InChI is InChI=1S/C16H20N2O3/c1-9-6-11(3)12(7-10(9)2)13(19)8-18-14(20)16(4,5)17-15(18)21/h6-7H,8H2,1-5H3,(H,17,21). The van der Waals surface area contributed by atoms with Crippen LogP contribution in [0.2, 0.25) is 0 Å². The molecule has 0 aromatic heterocycles. The van der Waals surface area contributed by atoms with Gasteiger partial charge in [-0.25, -0.2) is 4.79 Å². The Morgan fingerprint density at radius 1 is 1.10 bits per heavy atom. The molecule has 0 unspecified atom stereocenters. The van der Waals surface area contributed by atoms with E-state index in [-0.39, 0.29) is 18.2 Å². The van der Waals surface area contributed by atoms with Crippen LogP contribution in [-0.4, -0.2) is 34.7 Å². The number of carbonyl (C=O) groups is 3. The molecule has 0 bridgehead atoms. The van der Waals surface area contributed by atoms with Crippen LogP contribution in [0.15, 0.2) is 12.1 Å². The average Bonchev–Trinajstić information content (AvgIpc) is 2.56. The Kier molecular flexibility index (Phi) is 3.61. The monoisotopic (exact) mass is 288 g/mol. The maximum Gasteiger partial charge on any atom is 0.325 e. The van der Waals surface area contributed by atoms with Crippen molar-refractivity contribution in [3.8, 4) is 0 Å². The summed E-state index contributed by atoms with van der Waals surface area (Å²) in [7, 11) is 0. The molecule has 1 N–H and O–H groups in total. The minimum Gasteiger partial charge on any atom is -0.324 e. The number of hydrogen-bond donors (Lipinski definition) is 1. The van der Waals surface area contributed by atoms with E-state index >= 15 is 0 Å². The van der Waals surface area contributed by atoms with Gasteiger partial charge in [-0.2, -0.15) is 0 Å². The quantitative estimate of drug-likeness (QED) is 0.684. The van der Waals surface area contributed by atoms with Crippen LogP contribution in [0.3, 0.4) is 0 Å². The number of ketones is 1. The molecule has 1 aromatic rings. The number of nitrogens with zero attached hydrogens (tertiary/aromatic N) is 1. The number of carbonyl (C=O) groups excluding carboxylic acids is 3. The predicted molar refractivity (Wildman–Crippen MR) is 79.3 cm³/mol. The number of benzene rings is 1. The molecule has 1 aromatic carbocycles. The molecule has 0 atom stereocenters. The molecule has 1 aliphatic rings. The second-order valence-corrected chi connectivity index (χ2v) is 6.12. The molecule has 0 spiro atoms. The van der Waals surface area contributed by atoms with Gasteiger partial charge >= 0.3 is 6.03 Å². The van der Waals surface area contributed by atoms with E-state index in [1.54, 1.807) is 13.8 Å². The lowest BCUT2D eigenvalue weighted by atomic mass is 9.98. The highest BCUT2D eigenvalue weighted by Crippen LogP contribution is 2.20. The molecule has 112 valence electrons. The molecule has 0 saturated carbocycles. The second kappa shape index (κ2) is 4.98. The number of rotatable bonds is 3. The van der Waals surface area contributed by atoms with Crippen molar-refractivity contribution in [2.24, 2.45) is 0 Å². The first-order chi connectivity index (χ1) is 9.63. The largest absolute Gasteiger partial charge is 0.325 e. The van der Waals surface area contributed by atoms with E-state index in [0.29, 0.717) is 5.56 Å². The highest BCUT2D eigenvalue weighted by atomic mass is 16.2. The highest BCUT2D eigenvalue weighted by molar-refractivity contribution is 6.11. The van der Waals surface area contributed by atoms with E-state index in [2.05, 4.69) is 5.32 Å². The van der Waals surface area contributed by atoms with Crippen molar-refractivity contribution in [3.63, 3.8) is 0 Å². The van der Waals surface area contributed by atoms with Crippen LogP contribution in [0.1, 0.15) is 40.9 Å². The smallest absolute Gasteiger partial charge is 0.324 e. The summed E-state index contributed by atoms with van der Waals surface area (Å²) in [5, 5.41) is 2.57. The van der Waals surface area contributed by atoms with Crippen LogP contribution in [0.5, 0.6) is 0 Å². The minimum atomic E-state index is -0.949. The van der Waals surface area contributed by atoms with E-state index in [4.69, 9.17) is 0 Å². The molecule has 1 aliphatic heterocycles. The number of amides is 3. The fourth-order valence-corrected chi connectivity index (χ4v) is 2.45. The van der Waals surface area contributed by atoms with Gasteiger partial charge in [-0.15, -0.1) is 0 Å². The summed E-state index contributed by atoms with van der Waals surface area (Å²) in [5.41, 5.74) is 2.59. The number of hydrogen-bond acceptors (Lipinski definition) is 3. The normalized spacial score (nSPS) is 17.1. The maximum atomic E-state index is 12.4. The lowest BCUT2D eigenvalue weighted by Gasteiger charge is -2.16. The number of imide groups is 1. The Bertz CT molecular complexity index is 647. The first kappa shape index (κ1) is 15.2. The van der Waals surface area contributed by atoms with Gasteiger partial charge in [-0.05, 0) is 57.4 Å². The summed E-state index contributed by atoms with van der Waals surface area (Å²) in [6.45, 7) is 8.80. The molecule has 1 saturated heterocycles. The van der Waals surface area contributed by atoms with Gasteiger partial charge in [0, 0.05) is 5.56 Å². The fraction of sp³-hybridized carbons (Fsp3) is 0.438. The van der Waals surface area contributed by atoms with Crippen LogP contribution in [0.25, 0.3) is 0 Å². The Morgan fingerprint density at radius 2 is 1.67 bits per heavy atom. The second-order valence-electron chi connectivity index (χ2n) is 6.12. The van der Waals surface area contributed by atoms with E-state index < -0.39 is 11.6 Å². The van der Waals surface area contributed by atoms with Gasteiger partial charge in [0.2, 0.25) is 0 Å². The molecular weight excluding hydrogens is 268 g/mol. The maximum absolute atomic E-state index is 12.4. The molecule has 21 heavy (non-hydrogen) atoms. The predicted octanol–water partition coefficient (Wildman–Crippen LogP) is 2.12. The molecule has 2 rings (SSSR count). The average molecular weight is 288 g/mol. The minimum absolute atomic E-state index is 0.225. The van der Waals surface area contributed by atoms with Crippen LogP contribution in [0, 0.1) is 20.8 Å². The third-order valence-electron chi connectivity index (χ3n) is 3.89. The van der Waals surface area contributed by atoms with Crippen molar-refractivity contribution in [1.29, 1.82) is 0 Å². The lowest BCUT2D eigenvalue weighted by molar-refractivity contribution is -0.129.